The van der Waals surface area contributed by atoms with Gasteiger partial charge < -0.3 is 0 Å². The Morgan fingerprint density at radius 1 is 1.17 bits per heavy atom. The highest BCUT2D eigenvalue weighted by molar-refractivity contribution is 7.09. The monoisotopic (exact) mass is 276 g/mol. The Kier molecular flexibility index (Phi) is 3.45. The van der Waals surface area contributed by atoms with E-state index in [1.54, 1.807) is 0 Å². The fourth-order valence-corrected chi connectivity index (χ4v) is 4.34. The number of alkyl halides is 1. The van der Waals surface area contributed by atoms with Gasteiger partial charge in [-0.05, 0) is 48.3 Å². The lowest BCUT2D eigenvalue weighted by atomic mass is 9.69. The van der Waals surface area contributed by atoms with Crippen LogP contribution in [0.1, 0.15) is 28.8 Å². The van der Waals surface area contributed by atoms with Crippen LogP contribution in [0.3, 0.4) is 0 Å². The standard InChI is InChI=1S/C16H17ClS/c17-12-16(11-14-7-4-10-18-14)9-3-6-13-5-1-2-8-15(13)16/h1-2,4-5,7-8,10H,3,6,9,11-12H2. The Balaban J connectivity index is 2.02. The van der Waals surface area contributed by atoms with Crippen molar-refractivity contribution in [3.05, 3.63) is 57.8 Å². The molecule has 1 aliphatic rings. The summed E-state index contributed by atoms with van der Waals surface area (Å²) in [5, 5.41) is 2.16. The SMILES string of the molecule is ClCC1(Cc2cccs2)CCCc2ccccc21. The van der Waals surface area contributed by atoms with E-state index in [9.17, 15) is 0 Å². The van der Waals surface area contributed by atoms with Crippen molar-refractivity contribution in [3.8, 4) is 0 Å². The number of halogens is 1. The van der Waals surface area contributed by atoms with Gasteiger partial charge in [-0.3, -0.25) is 0 Å². The van der Waals surface area contributed by atoms with Crippen molar-refractivity contribution in [1.29, 1.82) is 0 Å². The summed E-state index contributed by atoms with van der Waals surface area (Å²) in [6.07, 6.45) is 4.77. The van der Waals surface area contributed by atoms with E-state index >= 15 is 0 Å². The van der Waals surface area contributed by atoms with Gasteiger partial charge in [0.1, 0.15) is 0 Å². The summed E-state index contributed by atoms with van der Waals surface area (Å²) >= 11 is 8.23. The molecule has 2 heteroatoms. The lowest BCUT2D eigenvalue weighted by Gasteiger charge is -2.37. The Labute approximate surface area is 118 Å². The maximum atomic E-state index is 6.39. The number of fused-ring (bicyclic) bond motifs is 1. The van der Waals surface area contributed by atoms with E-state index in [4.69, 9.17) is 11.6 Å². The predicted molar refractivity (Wildman–Crippen MR) is 79.8 cm³/mol. The van der Waals surface area contributed by atoms with E-state index in [-0.39, 0.29) is 5.41 Å². The maximum absolute atomic E-state index is 6.39. The average Bonchev–Trinajstić information content (AvgIpc) is 2.92. The molecule has 0 saturated carbocycles. The third-order valence-corrected chi connectivity index (χ3v) is 5.43. The molecule has 18 heavy (non-hydrogen) atoms. The van der Waals surface area contributed by atoms with E-state index < -0.39 is 0 Å². The van der Waals surface area contributed by atoms with Gasteiger partial charge in [0.2, 0.25) is 0 Å². The van der Waals surface area contributed by atoms with Gasteiger partial charge in [0.05, 0.1) is 0 Å². The van der Waals surface area contributed by atoms with Crippen LogP contribution in [0, 0.1) is 0 Å². The van der Waals surface area contributed by atoms with Gasteiger partial charge in [0.25, 0.3) is 0 Å². The first-order chi connectivity index (χ1) is 8.84. The number of rotatable bonds is 3. The lowest BCUT2D eigenvalue weighted by Crippen LogP contribution is -2.35. The van der Waals surface area contributed by atoms with Gasteiger partial charge in [-0.1, -0.05) is 30.3 Å². The third kappa shape index (κ3) is 2.10. The van der Waals surface area contributed by atoms with Gasteiger partial charge >= 0.3 is 0 Å². The number of benzene rings is 1. The number of thiophene rings is 1. The average molecular weight is 277 g/mol. The molecule has 0 spiro atoms. The third-order valence-electron chi connectivity index (χ3n) is 4.04. The molecule has 1 aromatic carbocycles. The topological polar surface area (TPSA) is 0 Å². The van der Waals surface area contributed by atoms with Crippen LogP contribution in [0.4, 0.5) is 0 Å². The highest BCUT2D eigenvalue weighted by atomic mass is 35.5. The van der Waals surface area contributed by atoms with E-state index in [2.05, 4.69) is 41.8 Å². The molecular weight excluding hydrogens is 260 g/mol. The lowest BCUT2D eigenvalue weighted by molar-refractivity contribution is 0.399. The van der Waals surface area contributed by atoms with Crippen molar-refractivity contribution in [2.45, 2.75) is 31.1 Å². The summed E-state index contributed by atoms with van der Waals surface area (Å²) in [5.74, 6) is 0.724. The van der Waals surface area contributed by atoms with E-state index in [1.807, 2.05) is 11.3 Å². The minimum Gasteiger partial charge on any atom is -0.149 e. The molecule has 1 atom stereocenters. The zero-order valence-electron chi connectivity index (χ0n) is 10.4. The molecule has 0 aliphatic heterocycles. The van der Waals surface area contributed by atoms with Crippen LogP contribution in [-0.2, 0) is 18.3 Å². The summed E-state index contributed by atoms with van der Waals surface area (Å²) in [7, 11) is 0. The molecule has 0 amide bonds. The molecule has 0 fully saturated rings. The summed E-state index contributed by atoms with van der Waals surface area (Å²) < 4.78 is 0. The van der Waals surface area contributed by atoms with Crippen LogP contribution < -0.4 is 0 Å². The molecule has 1 aromatic heterocycles. The second-order valence-corrected chi connectivity index (χ2v) is 6.48. The zero-order chi connectivity index (χ0) is 12.4. The Hall–Kier alpha value is -0.790. The molecule has 0 saturated heterocycles. The molecule has 0 N–H and O–H groups in total. The maximum Gasteiger partial charge on any atom is 0.0324 e. The highest BCUT2D eigenvalue weighted by Crippen LogP contribution is 2.41. The largest absolute Gasteiger partial charge is 0.149 e. The predicted octanol–water partition coefficient (Wildman–Crippen LogP) is 4.80. The summed E-state index contributed by atoms with van der Waals surface area (Å²) in [5.41, 5.74) is 3.14. The molecule has 2 aromatic rings. The van der Waals surface area contributed by atoms with Crippen LogP contribution in [0.2, 0.25) is 0 Å². The summed E-state index contributed by atoms with van der Waals surface area (Å²) in [6.45, 7) is 0. The summed E-state index contributed by atoms with van der Waals surface area (Å²) in [6, 6.07) is 13.2. The van der Waals surface area contributed by atoms with Crippen molar-refractivity contribution in [3.63, 3.8) is 0 Å². The number of hydrogen-bond donors (Lipinski definition) is 0. The number of hydrogen-bond acceptors (Lipinski definition) is 1. The molecule has 0 bridgehead atoms. The van der Waals surface area contributed by atoms with Crippen molar-refractivity contribution in [1.82, 2.24) is 0 Å². The first kappa shape index (κ1) is 12.3. The van der Waals surface area contributed by atoms with Crippen LogP contribution in [-0.4, -0.2) is 5.88 Å². The Morgan fingerprint density at radius 3 is 2.83 bits per heavy atom. The fraction of sp³-hybridized carbons (Fsp3) is 0.375. The molecule has 94 valence electrons. The first-order valence-electron chi connectivity index (χ1n) is 6.51. The zero-order valence-corrected chi connectivity index (χ0v) is 11.9. The molecular formula is C16H17ClS. The molecule has 3 rings (SSSR count). The quantitative estimate of drug-likeness (QED) is 0.706. The van der Waals surface area contributed by atoms with Gasteiger partial charge in [0, 0.05) is 16.2 Å². The normalized spacial score (nSPS) is 22.7. The molecule has 0 radical (unpaired) electrons. The Bertz CT molecular complexity index is 518. The van der Waals surface area contributed by atoms with Gasteiger partial charge in [0.15, 0.2) is 0 Å². The Morgan fingerprint density at radius 2 is 2.06 bits per heavy atom. The van der Waals surface area contributed by atoms with Crippen LogP contribution in [0.25, 0.3) is 0 Å². The van der Waals surface area contributed by atoms with E-state index in [0.717, 1.165) is 12.3 Å². The minimum absolute atomic E-state index is 0.154. The molecule has 1 heterocycles. The van der Waals surface area contributed by atoms with Crippen molar-refractivity contribution in [2.75, 3.05) is 5.88 Å². The minimum atomic E-state index is 0.154. The van der Waals surface area contributed by atoms with Crippen molar-refractivity contribution >= 4 is 22.9 Å². The molecule has 1 unspecified atom stereocenters. The highest BCUT2D eigenvalue weighted by Gasteiger charge is 2.35. The molecule has 0 nitrogen and oxygen atoms in total. The van der Waals surface area contributed by atoms with E-state index in [0.29, 0.717) is 0 Å². The van der Waals surface area contributed by atoms with Crippen LogP contribution in [0.5, 0.6) is 0 Å². The van der Waals surface area contributed by atoms with Gasteiger partial charge in [-0.15, -0.1) is 22.9 Å². The smallest absolute Gasteiger partial charge is 0.0324 e. The van der Waals surface area contributed by atoms with E-state index in [1.165, 1.54) is 35.3 Å². The second kappa shape index (κ2) is 5.07. The fourth-order valence-electron chi connectivity index (χ4n) is 3.12. The summed E-state index contributed by atoms with van der Waals surface area (Å²) in [4.78, 5) is 1.45. The number of aryl methyl sites for hydroxylation is 1. The van der Waals surface area contributed by atoms with Gasteiger partial charge in [-0.2, -0.15) is 0 Å². The van der Waals surface area contributed by atoms with Crippen molar-refractivity contribution in [2.24, 2.45) is 0 Å². The second-order valence-electron chi connectivity index (χ2n) is 5.18. The van der Waals surface area contributed by atoms with Crippen LogP contribution in [0.15, 0.2) is 41.8 Å². The van der Waals surface area contributed by atoms with Crippen LogP contribution >= 0.6 is 22.9 Å². The molecule has 1 aliphatic carbocycles. The van der Waals surface area contributed by atoms with Crippen molar-refractivity contribution < 1.29 is 0 Å². The first-order valence-corrected chi connectivity index (χ1v) is 7.92. The van der Waals surface area contributed by atoms with Gasteiger partial charge in [-0.25, -0.2) is 0 Å².